The van der Waals surface area contributed by atoms with Gasteiger partial charge in [0.2, 0.25) is 0 Å². The fraction of sp³-hybridized carbons (Fsp3) is 0.100. The number of carbonyl (C=O) groups is 2. The van der Waals surface area contributed by atoms with Crippen LogP contribution in [0.1, 0.15) is 32.1 Å². The van der Waals surface area contributed by atoms with Crippen molar-refractivity contribution in [3.05, 3.63) is 87.2 Å². The Morgan fingerprint density at radius 1 is 0.852 bits per heavy atom. The second kappa shape index (κ2) is 7.86. The first-order chi connectivity index (χ1) is 12.8. The summed E-state index contributed by atoms with van der Waals surface area (Å²) in [7, 11) is 0. The molecule has 3 aromatic rings. The Morgan fingerprint density at radius 3 is 2.07 bits per heavy atom. The molecule has 0 saturated heterocycles. The predicted molar refractivity (Wildman–Crippen MR) is 108 cm³/mol. The summed E-state index contributed by atoms with van der Waals surface area (Å²) in [5, 5.41) is 3.48. The van der Waals surface area contributed by atoms with Gasteiger partial charge in [0.05, 0.1) is 10.6 Å². The Balaban J connectivity index is 1.69. The highest BCUT2D eigenvalue weighted by Gasteiger charge is 2.12. The van der Waals surface area contributed by atoms with E-state index in [1.807, 2.05) is 26.0 Å². The minimum absolute atomic E-state index is 0.240. The third kappa shape index (κ3) is 4.32. The van der Waals surface area contributed by atoms with Crippen LogP contribution in [0.25, 0.3) is 0 Å². The van der Waals surface area contributed by atoms with Crippen molar-refractivity contribution < 1.29 is 9.59 Å². The highest BCUT2D eigenvalue weighted by molar-refractivity contribution is 6.37. The minimum Gasteiger partial charge on any atom is -0.322 e. The monoisotopic (exact) mass is 401 g/mol. The fourth-order valence-corrected chi connectivity index (χ4v) is 3.08. The largest absolute Gasteiger partial charge is 0.322 e. The van der Waals surface area contributed by atoms with E-state index in [0.717, 1.165) is 11.4 Å². The highest BCUT2D eigenvalue weighted by atomic mass is 35.5. The molecule has 0 atom stereocenters. The lowest BCUT2D eigenvalue weighted by molar-refractivity contribution is 0.100. The number of hydrogen-bond acceptors (Lipinski definition) is 2. The van der Waals surface area contributed by atoms with Gasteiger partial charge in [0.15, 0.2) is 0 Å². The van der Waals surface area contributed by atoms with Gasteiger partial charge in [0.1, 0.15) is 0 Å². The molecule has 0 aliphatic rings. The zero-order chi connectivity index (χ0) is 19.6. The van der Waals surface area contributed by atoms with E-state index < -0.39 is 0 Å². The fourth-order valence-electron chi connectivity index (χ4n) is 2.59. The normalized spacial score (nSPS) is 10.5. The van der Waals surface area contributed by atoms with Crippen molar-refractivity contribution in [2.45, 2.75) is 13.8 Å². The molecule has 5 nitrogen and oxygen atoms in total. The minimum atomic E-state index is -0.354. The zero-order valence-electron chi connectivity index (χ0n) is 14.7. The Hall–Kier alpha value is -2.76. The third-order valence-electron chi connectivity index (χ3n) is 4.07. The smallest absolute Gasteiger partial charge is 0.270 e. The van der Waals surface area contributed by atoms with E-state index >= 15 is 0 Å². The van der Waals surface area contributed by atoms with Crippen molar-refractivity contribution in [1.82, 2.24) is 4.68 Å². The maximum Gasteiger partial charge on any atom is 0.270 e. The Labute approximate surface area is 166 Å². The molecule has 0 unspecified atom stereocenters. The summed E-state index contributed by atoms with van der Waals surface area (Å²) in [6.45, 7) is 3.82. The molecular formula is C20H17Cl2N3O2. The van der Waals surface area contributed by atoms with Gasteiger partial charge >= 0.3 is 0 Å². The van der Waals surface area contributed by atoms with E-state index in [4.69, 9.17) is 23.2 Å². The molecule has 0 aliphatic heterocycles. The van der Waals surface area contributed by atoms with Crippen LogP contribution in [0, 0.1) is 13.8 Å². The third-order valence-corrected chi connectivity index (χ3v) is 4.61. The number of hydrogen-bond donors (Lipinski definition) is 2. The van der Waals surface area contributed by atoms with Crippen molar-refractivity contribution in [1.29, 1.82) is 0 Å². The van der Waals surface area contributed by atoms with Crippen molar-refractivity contribution in [2.24, 2.45) is 0 Å². The number of amides is 2. The first-order valence-electron chi connectivity index (χ1n) is 8.18. The van der Waals surface area contributed by atoms with E-state index in [1.54, 1.807) is 41.1 Å². The second-order valence-electron chi connectivity index (χ2n) is 6.05. The molecule has 7 heteroatoms. The molecule has 2 aromatic carbocycles. The summed E-state index contributed by atoms with van der Waals surface area (Å²) in [4.78, 5) is 24.7. The van der Waals surface area contributed by atoms with Crippen molar-refractivity contribution in [2.75, 3.05) is 10.7 Å². The van der Waals surface area contributed by atoms with Crippen molar-refractivity contribution in [3.8, 4) is 0 Å². The number of nitrogens with zero attached hydrogens (tertiary/aromatic N) is 1. The predicted octanol–water partition coefficient (Wildman–Crippen LogP) is 5.05. The molecule has 138 valence electrons. The number of aryl methyl sites for hydroxylation is 2. The maximum absolute atomic E-state index is 12.4. The van der Waals surface area contributed by atoms with Gasteiger partial charge in [-0.15, -0.1) is 0 Å². The molecule has 1 aromatic heterocycles. The van der Waals surface area contributed by atoms with Gasteiger partial charge in [-0.1, -0.05) is 23.2 Å². The van der Waals surface area contributed by atoms with E-state index in [2.05, 4.69) is 10.7 Å². The van der Waals surface area contributed by atoms with Gasteiger partial charge in [-0.25, -0.2) is 0 Å². The molecule has 3 rings (SSSR count). The van der Waals surface area contributed by atoms with Crippen LogP contribution in [0.4, 0.5) is 5.69 Å². The lowest BCUT2D eigenvalue weighted by Crippen LogP contribution is -2.24. The lowest BCUT2D eigenvalue weighted by atomic mass is 10.1. The molecule has 2 amide bonds. The summed E-state index contributed by atoms with van der Waals surface area (Å²) in [5.41, 5.74) is 6.05. The summed E-state index contributed by atoms with van der Waals surface area (Å²) in [5.74, 6) is -0.594. The van der Waals surface area contributed by atoms with Gasteiger partial charge < -0.3 is 5.32 Å². The summed E-state index contributed by atoms with van der Waals surface area (Å²) in [6, 6.07) is 15.1. The van der Waals surface area contributed by atoms with Crippen LogP contribution in [0.15, 0.2) is 54.6 Å². The SMILES string of the molecule is Cc1ccc(C)n1NC(=O)c1ccc(NC(=O)c2ccc(Cl)cc2Cl)cc1. The van der Waals surface area contributed by atoms with Crippen molar-refractivity contribution in [3.63, 3.8) is 0 Å². The number of nitrogens with one attached hydrogen (secondary N) is 2. The first-order valence-corrected chi connectivity index (χ1v) is 8.93. The van der Waals surface area contributed by atoms with E-state index in [-0.39, 0.29) is 16.8 Å². The summed E-state index contributed by atoms with van der Waals surface area (Å²) < 4.78 is 1.72. The summed E-state index contributed by atoms with van der Waals surface area (Å²) >= 11 is 11.9. The van der Waals surface area contributed by atoms with Gasteiger partial charge in [-0.3, -0.25) is 19.7 Å². The van der Waals surface area contributed by atoms with Crippen LogP contribution in [-0.4, -0.2) is 16.5 Å². The number of rotatable bonds is 4. The maximum atomic E-state index is 12.4. The van der Waals surface area contributed by atoms with Crippen LogP contribution in [-0.2, 0) is 0 Å². The Morgan fingerprint density at radius 2 is 1.48 bits per heavy atom. The molecular weight excluding hydrogens is 385 g/mol. The summed E-state index contributed by atoms with van der Waals surface area (Å²) in [6.07, 6.45) is 0. The number of halogens is 2. The van der Waals surface area contributed by atoms with Gasteiger partial charge in [-0.05, 0) is 68.4 Å². The van der Waals surface area contributed by atoms with Crippen LogP contribution >= 0.6 is 23.2 Å². The Kier molecular flexibility index (Phi) is 5.54. The average Bonchev–Trinajstić information content (AvgIpc) is 2.94. The highest BCUT2D eigenvalue weighted by Crippen LogP contribution is 2.22. The molecule has 0 fully saturated rings. The van der Waals surface area contributed by atoms with E-state index in [0.29, 0.717) is 21.8 Å². The average molecular weight is 402 g/mol. The number of aromatic nitrogens is 1. The topological polar surface area (TPSA) is 63.1 Å². The van der Waals surface area contributed by atoms with Gasteiger partial charge in [0.25, 0.3) is 11.8 Å². The number of anilines is 1. The Bertz CT molecular complexity index is 991. The van der Waals surface area contributed by atoms with Crippen LogP contribution in [0.5, 0.6) is 0 Å². The van der Waals surface area contributed by atoms with Gasteiger partial charge in [0, 0.05) is 27.7 Å². The van der Waals surface area contributed by atoms with Crippen LogP contribution in [0.3, 0.4) is 0 Å². The molecule has 2 N–H and O–H groups in total. The second-order valence-corrected chi connectivity index (χ2v) is 6.89. The lowest BCUT2D eigenvalue weighted by Gasteiger charge is -2.12. The van der Waals surface area contributed by atoms with E-state index in [1.165, 1.54) is 6.07 Å². The van der Waals surface area contributed by atoms with Crippen LogP contribution in [0.2, 0.25) is 10.0 Å². The van der Waals surface area contributed by atoms with Crippen LogP contribution < -0.4 is 10.7 Å². The quantitative estimate of drug-likeness (QED) is 0.642. The standard InChI is InChI=1S/C20H17Cl2N3O2/c1-12-3-4-13(2)25(12)24-19(26)14-5-8-16(9-6-14)23-20(27)17-10-7-15(21)11-18(17)22/h3-11H,1-2H3,(H,23,27)(H,24,26). The number of benzene rings is 2. The van der Waals surface area contributed by atoms with Crippen molar-refractivity contribution >= 4 is 40.7 Å². The molecule has 0 radical (unpaired) electrons. The molecule has 0 aliphatic carbocycles. The molecule has 0 bridgehead atoms. The first kappa shape index (κ1) is 19.0. The molecule has 0 spiro atoms. The zero-order valence-corrected chi connectivity index (χ0v) is 16.2. The number of carbonyl (C=O) groups excluding carboxylic acids is 2. The van der Waals surface area contributed by atoms with Gasteiger partial charge in [-0.2, -0.15) is 0 Å². The molecule has 0 saturated carbocycles. The van der Waals surface area contributed by atoms with E-state index in [9.17, 15) is 9.59 Å². The molecule has 1 heterocycles. The molecule has 27 heavy (non-hydrogen) atoms.